The minimum Gasteiger partial charge on any atom is -0.403 e. The van der Waals surface area contributed by atoms with Crippen LogP contribution in [-0.4, -0.2) is 6.36 Å². The molecule has 0 amide bonds. The molecule has 0 radical (unpaired) electrons. The Morgan fingerprint density at radius 1 is 1.11 bits per heavy atom. The van der Waals surface area contributed by atoms with Gasteiger partial charge in [0.15, 0.2) is 11.6 Å². The first kappa shape index (κ1) is 14.8. The van der Waals surface area contributed by atoms with Gasteiger partial charge in [-0.15, -0.1) is 13.2 Å². The summed E-state index contributed by atoms with van der Waals surface area (Å²) in [4.78, 5) is 0. The van der Waals surface area contributed by atoms with E-state index in [1.165, 1.54) is 6.07 Å². The van der Waals surface area contributed by atoms with Gasteiger partial charge >= 0.3 is 6.36 Å². The summed E-state index contributed by atoms with van der Waals surface area (Å²) in [5, 5.41) is 0. The van der Waals surface area contributed by atoms with E-state index >= 15 is 0 Å². The second-order valence-corrected chi connectivity index (χ2v) is 5.33. The van der Waals surface area contributed by atoms with Crippen LogP contribution in [0.15, 0.2) is 18.2 Å². The second kappa shape index (κ2) is 4.78. The van der Waals surface area contributed by atoms with Crippen molar-refractivity contribution in [1.82, 2.24) is 0 Å². The van der Waals surface area contributed by atoms with Crippen LogP contribution in [0.25, 0.3) is 0 Å². The molecule has 0 aliphatic rings. The first-order valence-corrected chi connectivity index (χ1v) is 5.56. The summed E-state index contributed by atoms with van der Waals surface area (Å²) in [6.45, 7) is 7.77. The molecule has 0 spiro atoms. The Morgan fingerprint density at radius 3 is 2.11 bits per heavy atom. The highest BCUT2D eigenvalue weighted by molar-refractivity contribution is 5.33. The van der Waals surface area contributed by atoms with Gasteiger partial charge in [0, 0.05) is 0 Å². The summed E-state index contributed by atoms with van der Waals surface area (Å²) in [5.74, 6) is -1.82. The van der Waals surface area contributed by atoms with Gasteiger partial charge in [-0.1, -0.05) is 33.8 Å². The molecule has 1 rings (SSSR count). The molecule has 0 saturated carbocycles. The molecule has 0 fully saturated rings. The third-order valence-electron chi connectivity index (χ3n) is 2.98. The molecule has 18 heavy (non-hydrogen) atoms. The molecular formula is C13H16F4O. The third kappa shape index (κ3) is 3.89. The van der Waals surface area contributed by atoms with Gasteiger partial charge < -0.3 is 4.74 Å². The van der Waals surface area contributed by atoms with Crippen molar-refractivity contribution < 1.29 is 22.3 Å². The van der Waals surface area contributed by atoms with E-state index in [2.05, 4.69) is 4.74 Å². The number of halogens is 4. The van der Waals surface area contributed by atoms with Gasteiger partial charge in [-0.05, 0) is 29.0 Å². The van der Waals surface area contributed by atoms with E-state index in [-0.39, 0.29) is 11.3 Å². The lowest BCUT2D eigenvalue weighted by molar-refractivity contribution is -0.275. The Balaban J connectivity index is 3.08. The van der Waals surface area contributed by atoms with Crippen molar-refractivity contribution in [3.8, 4) is 5.75 Å². The van der Waals surface area contributed by atoms with Gasteiger partial charge in [-0.2, -0.15) is 0 Å². The molecule has 102 valence electrons. The SMILES string of the molecule is CC(c1ccc(F)c(OC(F)(F)F)c1)C(C)(C)C. The first-order chi connectivity index (χ1) is 8.00. The molecule has 1 atom stereocenters. The summed E-state index contributed by atoms with van der Waals surface area (Å²) in [7, 11) is 0. The standard InChI is InChI=1S/C13H16F4O/c1-8(12(2,3)4)9-5-6-10(14)11(7-9)18-13(15,16)17/h5-8H,1-4H3. The van der Waals surface area contributed by atoms with Crippen molar-refractivity contribution in [2.24, 2.45) is 5.41 Å². The Morgan fingerprint density at radius 2 is 1.67 bits per heavy atom. The molecule has 0 aromatic heterocycles. The Bertz CT molecular complexity index is 418. The molecule has 1 unspecified atom stereocenters. The van der Waals surface area contributed by atoms with Crippen molar-refractivity contribution in [3.63, 3.8) is 0 Å². The lowest BCUT2D eigenvalue weighted by Crippen LogP contribution is -2.19. The van der Waals surface area contributed by atoms with E-state index in [0.29, 0.717) is 5.56 Å². The monoisotopic (exact) mass is 264 g/mol. The van der Waals surface area contributed by atoms with Crippen LogP contribution in [0.5, 0.6) is 5.75 Å². The zero-order valence-corrected chi connectivity index (χ0v) is 10.7. The van der Waals surface area contributed by atoms with Crippen molar-refractivity contribution in [2.75, 3.05) is 0 Å². The zero-order chi connectivity index (χ0) is 14.1. The summed E-state index contributed by atoms with van der Waals surface area (Å²) in [5.41, 5.74) is 0.482. The predicted molar refractivity (Wildman–Crippen MR) is 61.0 cm³/mol. The van der Waals surface area contributed by atoms with E-state index in [1.807, 2.05) is 27.7 Å². The summed E-state index contributed by atoms with van der Waals surface area (Å²) < 4.78 is 53.2. The van der Waals surface area contributed by atoms with E-state index in [0.717, 1.165) is 12.1 Å². The second-order valence-electron chi connectivity index (χ2n) is 5.33. The minimum absolute atomic E-state index is 0.0197. The van der Waals surface area contributed by atoms with Crippen molar-refractivity contribution in [2.45, 2.75) is 40.0 Å². The van der Waals surface area contributed by atoms with E-state index in [4.69, 9.17) is 0 Å². The van der Waals surface area contributed by atoms with Gasteiger partial charge in [0.25, 0.3) is 0 Å². The normalized spacial score (nSPS) is 14.4. The van der Waals surface area contributed by atoms with Crippen molar-refractivity contribution >= 4 is 0 Å². The van der Waals surface area contributed by atoms with E-state index in [1.54, 1.807) is 0 Å². The molecular weight excluding hydrogens is 248 g/mol. The number of alkyl halides is 3. The van der Waals surface area contributed by atoms with Crippen LogP contribution in [0.1, 0.15) is 39.2 Å². The molecule has 1 aromatic rings. The number of hydrogen-bond acceptors (Lipinski definition) is 1. The van der Waals surface area contributed by atoms with Gasteiger partial charge in [-0.25, -0.2) is 4.39 Å². The molecule has 0 saturated heterocycles. The smallest absolute Gasteiger partial charge is 0.403 e. The Kier molecular flexibility index (Phi) is 3.93. The van der Waals surface area contributed by atoms with Crippen LogP contribution in [-0.2, 0) is 0 Å². The predicted octanol–water partition coefficient (Wildman–Crippen LogP) is 4.87. The Hall–Kier alpha value is -1.26. The molecule has 0 N–H and O–H groups in total. The highest BCUT2D eigenvalue weighted by Crippen LogP contribution is 2.37. The van der Waals surface area contributed by atoms with Crippen LogP contribution in [0.4, 0.5) is 17.6 Å². The lowest BCUT2D eigenvalue weighted by Gasteiger charge is -2.28. The topological polar surface area (TPSA) is 9.23 Å². The Labute approximate surface area is 104 Å². The van der Waals surface area contributed by atoms with Crippen LogP contribution in [0, 0.1) is 11.2 Å². The molecule has 0 aliphatic heterocycles. The minimum atomic E-state index is -4.88. The van der Waals surface area contributed by atoms with Gasteiger partial charge in [0.1, 0.15) is 0 Å². The largest absolute Gasteiger partial charge is 0.573 e. The average molecular weight is 264 g/mol. The molecule has 0 aliphatic carbocycles. The maximum absolute atomic E-state index is 13.2. The van der Waals surface area contributed by atoms with Gasteiger partial charge in [0.05, 0.1) is 0 Å². The highest BCUT2D eigenvalue weighted by Gasteiger charge is 2.33. The number of rotatable bonds is 2. The number of ether oxygens (including phenoxy) is 1. The van der Waals surface area contributed by atoms with Crippen LogP contribution in [0.3, 0.4) is 0 Å². The van der Waals surface area contributed by atoms with Crippen LogP contribution < -0.4 is 4.74 Å². The van der Waals surface area contributed by atoms with Crippen molar-refractivity contribution in [3.05, 3.63) is 29.6 Å². The molecule has 1 aromatic carbocycles. The number of hydrogen-bond donors (Lipinski definition) is 0. The van der Waals surface area contributed by atoms with Crippen LogP contribution >= 0.6 is 0 Å². The van der Waals surface area contributed by atoms with Gasteiger partial charge in [-0.3, -0.25) is 0 Å². The van der Waals surface area contributed by atoms with E-state index in [9.17, 15) is 17.6 Å². The maximum atomic E-state index is 13.2. The first-order valence-electron chi connectivity index (χ1n) is 5.56. The molecule has 1 nitrogen and oxygen atoms in total. The lowest BCUT2D eigenvalue weighted by atomic mass is 9.78. The zero-order valence-electron chi connectivity index (χ0n) is 10.7. The average Bonchev–Trinajstić information content (AvgIpc) is 2.17. The third-order valence-corrected chi connectivity index (χ3v) is 2.98. The maximum Gasteiger partial charge on any atom is 0.573 e. The fourth-order valence-corrected chi connectivity index (χ4v) is 1.49. The number of benzene rings is 1. The molecule has 0 bridgehead atoms. The van der Waals surface area contributed by atoms with Gasteiger partial charge in [0.2, 0.25) is 0 Å². The summed E-state index contributed by atoms with van der Waals surface area (Å²) in [6, 6.07) is 3.59. The quantitative estimate of drug-likeness (QED) is 0.692. The van der Waals surface area contributed by atoms with E-state index < -0.39 is 17.9 Å². The van der Waals surface area contributed by atoms with Crippen LogP contribution in [0.2, 0.25) is 0 Å². The fraction of sp³-hybridized carbons (Fsp3) is 0.538. The highest BCUT2D eigenvalue weighted by atomic mass is 19.4. The van der Waals surface area contributed by atoms with Crippen molar-refractivity contribution in [1.29, 1.82) is 0 Å². The summed E-state index contributed by atoms with van der Waals surface area (Å²) in [6.07, 6.45) is -4.88. The summed E-state index contributed by atoms with van der Waals surface area (Å²) >= 11 is 0. The molecule has 0 heterocycles. The fourth-order valence-electron chi connectivity index (χ4n) is 1.49. The molecule has 5 heteroatoms.